The summed E-state index contributed by atoms with van der Waals surface area (Å²) in [6.45, 7) is 7.08. The van der Waals surface area contributed by atoms with Crippen molar-refractivity contribution in [3.05, 3.63) is 23.8 Å². The van der Waals surface area contributed by atoms with Crippen LogP contribution in [0.1, 0.15) is 32.3 Å². The van der Waals surface area contributed by atoms with Crippen LogP contribution >= 0.6 is 0 Å². The lowest BCUT2D eigenvalue weighted by atomic mass is 10.2. The van der Waals surface area contributed by atoms with Gasteiger partial charge in [-0.15, -0.1) is 0 Å². The lowest BCUT2D eigenvalue weighted by Gasteiger charge is -2.09. The lowest BCUT2D eigenvalue weighted by Crippen LogP contribution is -2.29. The third kappa shape index (κ3) is 2.76. The molecule has 0 aliphatic rings. The van der Waals surface area contributed by atoms with E-state index >= 15 is 0 Å². The topological polar surface area (TPSA) is 56.2 Å². The smallest absolute Gasteiger partial charge is 0.330 e. The Hall–Kier alpha value is -2.04. The van der Waals surface area contributed by atoms with Crippen molar-refractivity contribution < 1.29 is 9.53 Å². The summed E-state index contributed by atoms with van der Waals surface area (Å²) in [4.78, 5) is 16.8. The molecule has 0 aliphatic carbocycles. The van der Waals surface area contributed by atoms with Gasteiger partial charge in [-0.1, -0.05) is 25.5 Å². The van der Waals surface area contributed by atoms with Crippen LogP contribution in [-0.4, -0.2) is 28.7 Å². The number of nitrogens with zero attached hydrogens (tertiary/aromatic N) is 2. The van der Waals surface area contributed by atoms with Crippen molar-refractivity contribution in [2.24, 2.45) is 0 Å². The van der Waals surface area contributed by atoms with E-state index < -0.39 is 0 Å². The Balaban J connectivity index is 2.40. The number of para-hydroxylation sites is 1. The summed E-state index contributed by atoms with van der Waals surface area (Å²) in [6.07, 6.45) is 2.00. The zero-order valence-corrected chi connectivity index (χ0v) is 12.3. The van der Waals surface area contributed by atoms with Crippen LogP contribution in [0.2, 0.25) is 0 Å². The zero-order valence-electron chi connectivity index (χ0n) is 12.3. The summed E-state index contributed by atoms with van der Waals surface area (Å²) in [7, 11) is 0. The number of unbranched alkanes of at least 4 members (excludes halogenated alkanes) is 1. The van der Waals surface area contributed by atoms with E-state index in [1.807, 2.05) is 32.0 Å². The van der Waals surface area contributed by atoms with E-state index in [2.05, 4.69) is 17.2 Å². The fourth-order valence-corrected chi connectivity index (χ4v) is 2.09. The number of fused-ring (bicyclic) bond motifs is 1. The molecule has 1 aromatic heterocycles. The first-order chi connectivity index (χ1) is 9.69. The Morgan fingerprint density at radius 2 is 2.20 bits per heavy atom. The Bertz CT molecular complexity index is 604. The maximum Gasteiger partial charge on any atom is 0.330 e. The molecule has 5 nitrogen and oxygen atoms in total. The first kappa shape index (κ1) is 14.4. The number of aromatic nitrogens is 2. The number of carbonyl (C=O) groups excluding carboxylic acids is 1. The molecule has 0 fully saturated rings. The minimum Gasteiger partial charge on any atom is -0.465 e. The molecule has 1 aromatic carbocycles. The number of benzene rings is 1. The molecule has 0 spiro atoms. The van der Waals surface area contributed by atoms with E-state index in [9.17, 15) is 4.79 Å². The van der Waals surface area contributed by atoms with Crippen molar-refractivity contribution in [3.8, 4) is 6.01 Å². The summed E-state index contributed by atoms with van der Waals surface area (Å²) in [5.74, 6) is 0. The molecule has 0 atom stereocenters. The fourth-order valence-electron chi connectivity index (χ4n) is 2.09. The molecule has 0 unspecified atom stereocenters. The molecule has 0 radical (unpaired) electrons. The molecule has 5 heteroatoms. The number of hydrogen-bond acceptors (Lipinski definition) is 3. The highest BCUT2D eigenvalue weighted by Gasteiger charge is 2.18. The number of ether oxygens (including phenoxy) is 1. The Morgan fingerprint density at radius 1 is 1.40 bits per heavy atom. The predicted molar refractivity (Wildman–Crippen MR) is 79.3 cm³/mol. The molecule has 0 bridgehead atoms. The molecule has 2 aromatic rings. The van der Waals surface area contributed by atoms with Crippen molar-refractivity contribution in [1.82, 2.24) is 14.9 Å². The highest BCUT2D eigenvalue weighted by atomic mass is 16.5. The normalized spacial score (nSPS) is 10.8. The second kappa shape index (κ2) is 6.41. The van der Waals surface area contributed by atoms with E-state index in [0.29, 0.717) is 19.2 Å². The van der Waals surface area contributed by atoms with Crippen LogP contribution < -0.4 is 10.1 Å². The second-order valence-corrected chi connectivity index (χ2v) is 4.69. The highest BCUT2D eigenvalue weighted by molar-refractivity contribution is 5.92. The standard InChI is InChI=1S/C15H21N3O2/c1-4-6-10-16-14(19)18-12-9-7-8-11(3)13(12)17-15(18)20-5-2/h7-9H,4-6,10H2,1-3H3,(H,16,19). The Kier molecular flexibility index (Phi) is 4.61. The van der Waals surface area contributed by atoms with Gasteiger partial charge in [0.15, 0.2) is 0 Å². The summed E-state index contributed by atoms with van der Waals surface area (Å²) < 4.78 is 7.01. The van der Waals surface area contributed by atoms with Gasteiger partial charge in [-0.05, 0) is 31.9 Å². The quantitative estimate of drug-likeness (QED) is 0.853. The Morgan fingerprint density at radius 3 is 2.90 bits per heavy atom. The van der Waals surface area contributed by atoms with E-state index in [-0.39, 0.29) is 6.03 Å². The van der Waals surface area contributed by atoms with Crippen molar-refractivity contribution in [2.45, 2.75) is 33.6 Å². The third-order valence-electron chi connectivity index (χ3n) is 3.14. The predicted octanol–water partition coefficient (Wildman–Crippen LogP) is 3.10. The molecule has 0 saturated heterocycles. The van der Waals surface area contributed by atoms with Gasteiger partial charge in [-0.3, -0.25) is 0 Å². The van der Waals surface area contributed by atoms with E-state index in [1.54, 1.807) is 0 Å². The van der Waals surface area contributed by atoms with Gasteiger partial charge in [0.1, 0.15) is 0 Å². The molecular formula is C15H21N3O2. The first-order valence-electron chi connectivity index (χ1n) is 7.08. The molecule has 2 rings (SSSR count). The maximum atomic E-state index is 12.3. The number of imidazole rings is 1. The summed E-state index contributed by atoms with van der Waals surface area (Å²) in [6, 6.07) is 5.95. The van der Waals surface area contributed by atoms with E-state index in [0.717, 1.165) is 29.4 Å². The number of aryl methyl sites for hydroxylation is 1. The lowest BCUT2D eigenvalue weighted by molar-refractivity contribution is 0.235. The molecular weight excluding hydrogens is 254 g/mol. The number of hydrogen-bond donors (Lipinski definition) is 1. The van der Waals surface area contributed by atoms with Crippen molar-refractivity contribution in [2.75, 3.05) is 13.2 Å². The number of amides is 1. The average molecular weight is 275 g/mol. The molecule has 108 valence electrons. The average Bonchev–Trinajstić information content (AvgIpc) is 2.79. The maximum absolute atomic E-state index is 12.3. The molecule has 0 aliphatic heterocycles. The third-order valence-corrected chi connectivity index (χ3v) is 3.14. The second-order valence-electron chi connectivity index (χ2n) is 4.69. The van der Waals surface area contributed by atoms with Crippen LogP contribution in [0.15, 0.2) is 18.2 Å². The van der Waals surface area contributed by atoms with Crippen LogP contribution in [0.3, 0.4) is 0 Å². The summed E-state index contributed by atoms with van der Waals surface area (Å²) in [5, 5.41) is 2.90. The van der Waals surface area contributed by atoms with Crippen molar-refractivity contribution in [1.29, 1.82) is 0 Å². The van der Waals surface area contributed by atoms with Gasteiger partial charge < -0.3 is 10.1 Å². The zero-order chi connectivity index (χ0) is 14.5. The SMILES string of the molecule is CCCCNC(=O)n1c(OCC)nc2c(C)cccc21. The van der Waals surface area contributed by atoms with Crippen LogP contribution in [0, 0.1) is 6.92 Å². The van der Waals surface area contributed by atoms with Gasteiger partial charge in [0.25, 0.3) is 0 Å². The van der Waals surface area contributed by atoms with Gasteiger partial charge in [0.05, 0.1) is 17.6 Å². The molecule has 1 N–H and O–H groups in total. The van der Waals surface area contributed by atoms with Crippen LogP contribution in [0.25, 0.3) is 11.0 Å². The molecule has 20 heavy (non-hydrogen) atoms. The van der Waals surface area contributed by atoms with Gasteiger partial charge in [-0.25, -0.2) is 9.36 Å². The largest absolute Gasteiger partial charge is 0.465 e. The van der Waals surface area contributed by atoms with Gasteiger partial charge in [-0.2, -0.15) is 4.98 Å². The summed E-state index contributed by atoms with van der Waals surface area (Å²) >= 11 is 0. The fraction of sp³-hybridized carbons (Fsp3) is 0.467. The van der Waals surface area contributed by atoms with Crippen LogP contribution in [0.4, 0.5) is 4.79 Å². The minimum atomic E-state index is -0.185. The minimum absolute atomic E-state index is 0.185. The van der Waals surface area contributed by atoms with Crippen LogP contribution in [0.5, 0.6) is 6.01 Å². The first-order valence-corrected chi connectivity index (χ1v) is 7.08. The Labute approximate surface area is 118 Å². The number of rotatable bonds is 5. The number of carbonyl (C=O) groups is 1. The van der Waals surface area contributed by atoms with Gasteiger partial charge >= 0.3 is 12.0 Å². The van der Waals surface area contributed by atoms with Gasteiger partial charge in [0.2, 0.25) is 0 Å². The van der Waals surface area contributed by atoms with Crippen LogP contribution in [-0.2, 0) is 0 Å². The molecule has 1 heterocycles. The number of nitrogens with one attached hydrogen (secondary N) is 1. The van der Waals surface area contributed by atoms with Gasteiger partial charge in [0, 0.05) is 6.54 Å². The molecule has 0 saturated carbocycles. The van der Waals surface area contributed by atoms with Crippen molar-refractivity contribution in [3.63, 3.8) is 0 Å². The highest BCUT2D eigenvalue weighted by Crippen LogP contribution is 2.23. The van der Waals surface area contributed by atoms with E-state index in [4.69, 9.17) is 4.74 Å². The van der Waals surface area contributed by atoms with Crippen molar-refractivity contribution >= 4 is 17.1 Å². The molecule has 1 amide bonds. The summed E-state index contributed by atoms with van der Waals surface area (Å²) in [5.41, 5.74) is 2.62. The van der Waals surface area contributed by atoms with E-state index in [1.165, 1.54) is 4.57 Å². The monoisotopic (exact) mass is 275 g/mol.